The molecule has 0 bridgehead atoms. The van der Waals surface area contributed by atoms with Crippen LogP contribution < -0.4 is 0 Å². The van der Waals surface area contributed by atoms with Gasteiger partial charge < -0.3 is 5.11 Å². The fourth-order valence-electron chi connectivity index (χ4n) is 3.73. The Kier molecular flexibility index (Phi) is 5.92. The molecule has 0 radical (unpaired) electrons. The highest BCUT2D eigenvalue weighted by Crippen LogP contribution is 2.28. The van der Waals surface area contributed by atoms with E-state index in [1.807, 2.05) is 41.9 Å². The van der Waals surface area contributed by atoms with E-state index in [0.717, 1.165) is 11.4 Å². The zero-order valence-electron chi connectivity index (χ0n) is 17.9. The van der Waals surface area contributed by atoms with Gasteiger partial charge in [0.15, 0.2) is 0 Å². The van der Waals surface area contributed by atoms with Gasteiger partial charge >= 0.3 is 5.97 Å². The summed E-state index contributed by atoms with van der Waals surface area (Å²) in [5.41, 5.74) is 5.13. The standard InChI is InChI=1S/C25H30N2O2/c1-6-22-23(24(28)29)21(16-17(2)18-10-8-7-9-11-18)26-27(22)20-14-12-19(13-15-20)25(3,4)5/h7-15,17H,6,16H2,1-5H3,(H,28,29). The maximum Gasteiger partial charge on any atom is 0.339 e. The van der Waals surface area contributed by atoms with Gasteiger partial charge in [-0.05, 0) is 47.4 Å². The summed E-state index contributed by atoms with van der Waals surface area (Å²) in [4.78, 5) is 12.1. The molecule has 1 atom stereocenters. The highest BCUT2D eigenvalue weighted by atomic mass is 16.4. The molecule has 29 heavy (non-hydrogen) atoms. The molecular weight excluding hydrogens is 360 g/mol. The lowest BCUT2D eigenvalue weighted by Crippen LogP contribution is -2.11. The summed E-state index contributed by atoms with van der Waals surface area (Å²) in [7, 11) is 0. The Morgan fingerprint density at radius 3 is 2.21 bits per heavy atom. The van der Waals surface area contributed by atoms with Crippen LogP contribution in [0, 0.1) is 0 Å². The van der Waals surface area contributed by atoms with Gasteiger partial charge in [0.25, 0.3) is 0 Å². The Morgan fingerprint density at radius 2 is 1.69 bits per heavy atom. The normalized spacial score (nSPS) is 12.7. The molecule has 152 valence electrons. The van der Waals surface area contributed by atoms with Crippen molar-refractivity contribution in [3.8, 4) is 5.69 Å². The van der Waals surface area contributed by atoms with Crippen LogP contribution in [0.5, 0.6) is 0 Å². The van der Waals surface area contributed by atoms with Crippen molar-refractivity contribution < 1.29 is 9.90 Å². The van der Waals surface area contributed by atoms with E-state index in [2.05, 4.69) is 52.0 Å². The first kappa shape index (κ1) is 20.8. The van der Waals surface area contributed by atoms with E-state index < -0.39 is 5.97 Å². The second-order valence-corrected chi connectivity index (χ2v) is 8.65. The molecule has 1 unspecified atom stereocenters. The van der Waals surface area contributed by atoms with Crippen LogP contribution in [0.4, 0.5) is 0 Å². The van der Waals surface area contributed by atoms with Crippen LogP contribution in [0.2, 0.25) is 0 Å². The van der Waals surface area contributed by atoms with Crippen LogP contribution >= 0.6 is 0 Å². The molecule has 0 fully saturated rings. The number of carbonyl (C=O) groups is 1. The van der Waals surface area contributed by atoms with Gasteiger partial charge in [0.05, 0.1) is 17.1 Å². The van der Waals surface area contributed by atoms with Crippen molar-refractivity contribution in [2.45, 2.75) is 58.8 Å². The van der Waals surface area contributed by atoms with Crippen LogP contribution in [-0.2, 0) is 18.3 Å². The lowest BCUT2D eigenvalue weighted by molar-refractivity contribution is 0.0694. The second kappa shape index (κ2) is 8.24. The minimum Gasteiger partial charge on any atom is -0.478 e. The molecule has 0 aliphatic heterocycles. The van der Waals surface area contributed by atoms with Gasteiger partial charge in [0, 0.05) is 0 Å². The topological polar surface area (TPSA) is 55.1 Å². The molecule has 2 aromatic carbocycles. The third kappa shape index (κ3) is 4.42. The number of rotatable bonds is 6. The SMILES string of the molecule is CCc1c(C(=O)O)c(CC(C)c2ccccc2)nn1-c1ccc(C(C)(C)C)cc1. The second-order valence-electron chi connectivity index (χ2n) is 8.65. The van der Waals surface area contributed by atoms with Crippen molar-refractivity contribution in [3.05, 3.63) is 82.7 Å². The Labute approximate surface area is 173 Å². The molecule has 1 heterocycles. The number of nitrogens with zero attached hydrogens (tertiary/aromatic N) is 2. The van der Waals surface area contributed by atoms with Crippen LogP contribution in [0.3, 0.4) is 0 Å². The molecule has 0 saturated carbocycles. The van der Waals surface area contributed by atoms with E-state index in [-0.39, 0.29) is 11.3 Å². The zero-order valence-corrected chi connectivity index (χ0v) is 17.9. The van der Waals surface area contributed by atoms with Gasteiger partial charge in [-0.2, -0.15) is 5.10 Å². The number of carboxylic acid groups (broad SMARTS) is 1. The maximum absolute atomic E-state index is 12.1. The molecular formula is C25H30N2O2. The smallest absolute Gasteiger partial charge is 0.339 e. The maximum atomic E-state index is 12.1. The highest BCUT2D eigenvalue weighted by molar-refractivity contribution is 5.90. The number of benzene rings is 2. The summed E-state index contributed by atoms with van der Waals surface area (Å²) < 4.78 is 1.81. The van der Waals surface area contributed by atoms with Crippen molar-refractivity contribution >= 4 is 5.97 Å². The van der Waals surface area contributed by atoms with Crippen molar-refractivity contribution in [2.24, 2.45) is 0 Å². The molecule has 3 rings (SSSR count). The minimum absolute atomic E-state index is 0.0682. The summed E-state index contributed by atoms with van der Waals surface area (Å²) >= 11 is 0. The van der Waals surface area contributed by atoms with Gasteiger partial charge in [0.2, 0.25) is 0 Å². The van der Waals surface area contributed by atoms with E-state index in [4.69, 9.17) is 5.10 Å². The summed E-state index contributed by atoms with van der Waals surface area (Å²) in [6, 6.07) is 18.4. The van der Waals surface area contributed by atoms with Crippen LogP contribution in [0.15, 0.2) is 54.6 Å². The Hall–Kier alpha value is -2.88. The molecule has 0 amide bonds. The van der Waals surface area contributed by atoms with Crippen molar-refractivity contribution in [1.29, 1.82) is 0 Å². The van der Waals surface area contributed by atoms with Gasteiger partial charge in [-0.15, -0.1) is 0 Å². The van der Waals surface area contributed by atoms with Gasteiger partial charge in [-0.1, -0.05) is 77.1 Å². The fraction of sp³-hybridized carbons (Fsp3) is 0.360. The molecule has 1 N–H and O–H groups in total. The first-order valence-electron chi connectivity index (χ1n) is 10.2. The number of hydrogen-bond donors (Lipinski definition) is 1. The summed E-state index contributed by atoms with van der Waals surface area (Å²) in [5.74, 6) is -0.722. The number of aromatic carboxylic acids is 1. The number of carboxylic acids is 1. The summed E-state index contributed by atoms with van der Waals surface area (Å²) in [5, 5.41) is 14.7. The van der Waals surface area contributed by atoms with E-state index in [1.54, 1.807) is 0 Å². The first-order valence-corrected chi connectivity index (χ1v) is 10.2. The zero-order chi connectivity index (χ0) is 21.2. The van der Waals surface area contributed by atoms with Crippen LogP contribution in [0.1, 0.15) is 73.4 Å². The summed E-state index contributed by atoms with van der Waals surface area (Å²) in [6.07, 6.45) is 1.20. The minimum atomic E-state index is -0.908. The molecule has 0 spiro atoms. The van der Waals surface area contributed by atoms with E-state index in [9.17, 15) is 9.90 Å². The van der Waals surface area contributed by atoms with Crippen molar-refractivity contribution in [3.63, 3.8) is 0 Å². The lowest BCUT2D eigenvalue weighted by Gasteiger charge is -2.19. The Morgan fingerprint density at radius 1 is 1.07 bits per heavy atom. The van der Waals surface area contributed by atoms with Gasteiger partial charge in [-0.25, -0.2) is 9.48 Å². The first-order chi connectivity index (χ1) is 13.7. The lowest BCUT2D eigenvalue weighted by atomic mass is 9.87. The number of hydrogen-bond acceptors (Lipinski definition) is 2. The molecule has 0 aliphatic carbocycles. The predicted molar refractivity (Wildman–Crippen MR) is 117 cm³/mol. The Balaban J connectivity index is 2.03. The third-order valence-corrected chi connectivity index (χ3v) is 5.45. The number of aromatic nitrogens is 2. The van der Waals surface area contributed by atoms with Gasteiger partial charge in [0.1, 0.15) is 5.56 Å². The third-order valence-electron chi connectivity index (χ3n) is 5.45. The average Bonchev–Trinajstić information content (AvgIpc) is 3.06. The van der Waals surface area contributed by atoms with Crippen molar-refractivity contribution in [2.75, 3.05) is 0 Å². The van der Waals surface area contributed by atoms with E-state index in [1.165, 1.54) is 11.1 Å². The van der Waals surface area contributed by atoms with Gasteiger partial charge in [-0.3, -0.25) is 0 Å². The van der Waals surface area contributed by atoms with Crippen LogP contribution in [-0.4, -0.2) is 20.9 Å². The molecule has 4 nitrogen and oxygen atoms in total. The van der Waals surface area contributed by atoms with Crippen molar-refractivity contribution in [1.82, 2.24) is 9.78 Å². The molecule has 0 saturated heterocycles. The highest BCUT2D eigenvalue weighted by Gasteiger charge is 2.25. The van der Waals surface area contributed by atoms with Crippen LogP contribution in [0.25, 0.3) is 5.69 Å². The molecule has 4 heteroatoms. The Bertz CT molecular complexity index is 980. The van der Waals surface area contributed by atoms with E-state index >= 15 is 0 Å². The molecule has 1 aromatic heterocycles. The predicted octanol–water partition coefficient (Wildman–Crippen LogP) is 5.78. The van der Waals surface area contributed by atoms with E-state index in [0.29, 0.717) is 24.1 Å². The average molecular weight is 391 g/mol. The fourth-order valence-corrected chi connectivity index (χ4v) is 3.73. The molecule has 3 aromatic rings. The monoisotopic (exact) mass is 390 g/mol. The quantitative estimate of drug-likeness (QED) is 0.581. The molecule has 0 aliphatic rings. The summed E-state index contributed by atoms with van der Waals surface area (Å²) in [6.45, 7) is 10.6. The largest absolute Gasteiger partial charge is 0.478 e.